The molecule has 0 aliphatic rings. The fourth-order valence-corrected chi connectivity index (χ4v) is 3.43. The van der Waals surface area contributed by atoms with Crippen molar-refractivity contribution in [2.75, 3.05) is 14.2 Å². The van der Waals surface area contributed by atoms with Gasteiger partial charge in [0.25, 0.3) is 0 Å². The molecule has 0 saturated heterocycles. The summed E-state index contributed by atoms with van der Waals surface area (Å²) in [7, 11) is 3.30. The molecule has 0 unspecified atom stereocenters. The van der Waals surface area contributed by atoms with Gasteiger partial charge in [-0.25, -0.2) is 4.98 Å². The Morgan fingerprint density at radius 3 is 2.48 bits per heavy atom. The maximum atomic E-state index is 5.58. The van der Waals surface area contributed by atoms with Gasteiger partial charge in [-0.15, -0.1) is 0 Å². The van der Waals surface area contributed by atoms with Crippen molar-refractivity contribution in [2.24, 2.45) is 0 Å². The molecule has 0 saturated carbocycles. The first-order valence-corrected chi connectivity index (χ1v) is 8.23. The lowest BCUT2D eigenvalue weighted by Gasteiger charge is -2.14. The molecule has 0 fully saturated rings. The van der Waals surface area contributed by atoms with Crippen LogP contribution in [0.5, 0.6) is 11.5 Å². The summed E-state index contributed by atoms with van der Waals surface area (Å²) in [5.74, 6) is 1.41. The van der Waals surface area contributed by atoms with Crippen LogP contribution in [0.3, 0.4) is 0 Å². The summed E-state index contributed by atoms with van der Waals surface area (Å²) < 4.78 is 11.0. The number of aryl methyl sites for hydroxylation is 1. The third kappa shape index (κ3) is 2.49. The normalized spacial score (nSPS) is 11.0. The molecule has 3 nitrogen and oxygen atoms in total. The molecule has 0 amide bonds. The minimum absolute atomic E-state index is 0.706. The van der Waals surface area contributed by atoms with E-state index in [-0.39, 0.29) is 0 Å². The first-order chi connectivity index (χ1) is 12.2. The molecular weight excluding hydrogens is 310 g/mol. The number of pyridine rings is 1. The molecule has 3 heteroatoms. The average molecular weight is 329 g/mol. The van der Waals surface area contributed by atoms with Gasteiger partial charge in [-0.2, -0.15) is 0 Å². The zero-order chi connectivity index (χ0) is 17.4. The summed E-state index contributed by atoms with van der Waals surface area (Å²) in [5, 5.41) is 3.66. The molecule has 1 aromatic heterocycles. The summed E-state index contributed by atoms with van der Waals surface area (Å²) in [6, 6.07) is 20.6. The highest BCUT2D eigenvalue weighted by Crippen LogP contribution is 2.38. The second kappa shape index (κ2) is 6.10. The maximum absolute atomic E-state index is 5.58. The minimum atomic E-state index is 0.706. The Hall–Kier alpha value is -3.07. The van der Waals surface area contributed by atoms with Crippen LogP contribution in [0.15, 0.2) is 60.7 Å². The maximum Gasteiger partial charge on any atom is 0.170 e. The van der Waals surface area contributed by atoms with Crippen LogP contribution in [0.1, 0.15) is 5.56 Å². The lowest BCUT2D eigenvalue weighted by Crippen LogP contribution is -1.95. The average Bonchev–Trinajstić information content (AvgIpc) is 2.66. The van der Waals surface area contributed by atoms with E-state index in [4.69, 9.17) is 14.5 Å². The molecule has 3 aromatic carbocycles. The Kier molecular flexibility index (Phi) is 3.77. The lowest BCUT2D eigenvalue weighted by molar-refractivity contribution is 0.356. The molecule has 124 valence electrons. The van der Waals surface area contributed by atoms with E-state index < -0.39 is 0 Å². The quantitative estimate of drug-likeness (QED) is 0.473. The number of hydrogen-bond donors (Lipinski definition) is 0. The second-order valence-electron chi connectivity index (χ2n) is 6.05. The zero-order valence-electron chi connectivity index (χ0n) is 14.5. The van der Waals surface area contributed by atoms with Gasteiger partial charge in [-0.1, -0.05) is 36.4 Å². The van der Waals surface area contributed by atoms with Gasteiger partial charge in [0, 0.05) is 10.9 Å². The van der Waals surface area contributed by atoms with Gasteiger partial charge in [0.2, 0.25) is 0 Å². The van der Waals surface area contributed by atoms with Crippen molar-refractivity contribution in [3.63, 3.8) is 0 Å². The molecule has 25 heavy (non-hydrogen) atoms. The van der Waals surface area contributed by atoms with E-state index in [0.29, 0.717) is 11.5 Å². The number of rotatable bonds is 3. The largest absolute Gasteiger partial charge is 0.493 e. The van der Waals surface area contributed by atoms with Crippen LogP contribution in [0, 0.1) is 6.92 Å². The molecule has 4 aromatic rings. The van der Waals surface area contributed by atoms with Gasteiger partial charge in [-0.3, -0.25) is 0 Å². The standard InChI is InChI=1S/C22H19NO2/c1-14-13-19(17-9-6-10-20(24-2)22(17)25-3)23-18-12-11-15-7-4-5-8-16(15)21(14)18/h4-13H,1-3H3. The van der Waals surface area contributed by atoms with Crippen LogP contribution in [0.2, 0.25) is 0 Å². The van der Waals surface area contributed by atoms with Crippen molar-refractivity contribution in [3.05, 3.63) is 66.2 Å². The monoisotopic (exact) mass is 329 g/mol. The van der Waals surface area contributed by atoms with E-state index in [9.17, 15) is 0 Å². The summed E-state index contributed by atoms with van der Waals surface area (Å²) in [5.41, 5.74) is 4.00. The van der Waals surface area contributed by atoms with Crippen LogP contribution < -0.4 is 9.47 Å². The number of hydrogen-bond acceptors (Lipinski definition) is 3. The Morgan fingerprint density at radius 2 is 1.68 bits per heavy atom. The number of ether oxygens (including phenoxy) is 2. The molecule has 0 aliphatic carbocycles. The van der Waals surface area contributed by atoms with Gasteiger partial charge < -0.3 is 9.47 Å². The van der Waals surface area contributed by atoms with Gasteiger partial charge in [0.05, 0.1) is 25.4 Å². The van der Waals surface area contributed by atoms with Crippen molar-refractivity contribution in [1.29, 1.82) is 0 Å². The number of nitrogens with zero attached hydrogens (tertiary/aromatic N) is 1. The van der Waals surface area contributed by atoms with Gasteiger partial charge >= 0.3 is 0 Å². The summed E-state index contributed by atoms with van der Waals surface area (Å²) >= 11 is 0. The number of methoxy groups -OCH3 is 2. The molecular formula is C22H19NO2. The van der Waals surface area contributed by atoms with Crippen LogP contribution in [0.25, 0.3) is 32.9 Å². The number of benzene rings is 3. The molecule has 4 rings (SSSR count). The van der Waals surface area contributed by atoms with Crippen LogP contribution in [0.4, 0.5) is 0 Å². The SMILES string of the molecule is COc1cccc(-c2cc(C)c3c(ccc4ccccc43)n2)c1OC. The number of aromatic nitrogens is 1. The fraction of sp³-hybridized carbons (Fsp3) is 0.136. The van der Waals surface area contributed by atoms with E-state index in [1.54, 1.807) is 14.2 Å². The molecule has 1 heterocycles. The lowest BCUT2D eigenvalue weighted by atomic mass is 9.99. The van der Waals surface area contributed by atoms with Crippen molar-refractivity contribution < 1.29 is 9.47 Å². The predicted molar refractivity (Wildman–Crippen MR) is 103 cm³/mol. The Bertz CT molecular complexity index is 1090. The third-order valence-electron chi connectivity index (χ3n) is 4.57. The van der Waals surface area contributed by atoms with Crippen molar-refractivity contribution in [3.8, 4) is 22.8 Å². The highest BCUT2D eigenvalue weighted by molar-refractivity contribution is 6.08. The van der Waals surface area contributed by atoms with E-state index in [1.807, 2.05) is 18.2 Å². The first kappa shape index (κ1) is 15.5. The fourth-order valence-electron chi connectivity index (χ4n) is 3.43. The van der Waals surface area contributed by atoms with Crippen LogP contribution in [-0.2, 0) is 0 Å². The van der Waals surface area contributed by atoms with Gasteiger partial charge in [-0.05, 0) is 47.5 Å². The van der Waals surface area contributed by atoms with E-state index >= 15 is 0 Å². The zero-order valence-corrected chi connectivity index (χ0v) is 14.5. The Balaban J connectivity index is 2.01. The number of fused-ring (bicyclic) bond motifs is 3. The van der Waals surface area contributed by atoms with Crippen molar-refractivity contribution in [2.45, 2.75) is 6.92 Å². The second-order valence-corrected chi connectivity index (χ2v) is 6.05. The predicted octanol–water partition coefficient (Wildman–Crippen LogP) is 5.38. The van der Waals surface area contributed by atoms with Gasteiger partial charge in [0.1, 0.15) is 0 Å². The third-order valence-corrected chi connectivity index (χ3v) is 4.57. The summed E-state index contributed by atoms with van der Waals surface area (Å²) in [4.78, 5) is 4.90. The molecule has 0 radical (unpaired) electrons. The molecule has 0 atom stereocenters. The highest BCUT2D eigenvalue weighted by atomic mass is 16.5. The first-order valence-electron chi connectivity index (χ1n) is 8.23. The van der Waals surface area contributed by atoms with Crippen LogP contribution >= 0.6 is 0 Å². The Labute approximate surface area is 146 Å². The number of para-hydroxylation sites is 1. The summed E-state index contributed by atoms with van der Waals surface area (Å²) in [6.07, 6.45) is 0. The minimum Gasteiger partial charge on any atom is -0.493 e. The van der Waals surface area contributed by atoms with Gasteiger partial charge in [0.15, 0.2) is 11.5 Å². The highest BCUT2D eigenvalue weighted by Gasteiger charge is 2.14. The van der Waals surface area contributed by atoms with E-state index in [1.165, 1.54) is 21.7 Å². The van der Waals surface area contributed by atoms with Crippen molar-refractivity contribution in [1.82, 2.24) is 4.98 Å². The van der Waals surface area contributed by atoms with E-state index in [2.05, 4.69) is 49.4 Å². The Morgan fingerprint density at radius 1 is 0.840 bits per heavy atom. The molecule has 0 spiro atoms. The van der Waals surface area contributed by atoms with Crippen molar-refractivity contribution >= 4 is 21.7 Å². The molecule has 0 N–H and O–H groups in total. The molecule has 0 aliphatic heterocycles. The van der Waals surface area contributed by atoms with Crippen LogP contribution in [-0.4, -0.2) is 19.2 Å². The topological polar surface area (TPSA) is 31.4 Å². The smallest absolute Gasteiger partial charge is 0.170 e. The molecule has 0 bridgehead atoms. The van der Waals surface area contributed by atoms with E-state index in [0.717, 1.165) is 16.8 Å². The summed E-state index contributed by atoms with van der Waals surface area (Å²) in [6.45, 7) is 2.13.